The first kappa shape index (κ1) is 26.0. The van der Waals surface area contributed by atoms with Crippen LogP contribution in [0.5, 0.6) is 0 Å². The maximum atomic E-state index is 12.7. The molecule has 3 nitrogen and oxygen atoms in total. The smallest absolute Gasteiger partial charge is 0.223 e. The molecule has 0 aromatic rings. The SMILES string of the molecule is CC(=O)CNC(=O)C1CCC2(C)C(=CCC3C2CCC2(C)C(C(C)CCCC(C)C)CCC32)C1. The minimum atomic E-state index is 0.0306. The maximum Gasteiger partial charge on any atom is 0.223 e. The molecule has 0 spiro atoms. The van der Waals surface area contributed by atoms with Crippen LogP contribution >= 0.6 is 0 Å². The van der Waals surface area contributed by atoms with Crippen LogP contribution < -0.4 is 5.32 Å². The van der Waals surface area contributed by atoms with Gasteiger partial charge < -0.3 is 5.32 Å². The molecule has 4 aliphatic rings. The Morgan fingerprint density at radius 3 is 2.50 bits per heavy atom. The lowest BCUT2D eigenvalue weighted by atomic mass is 9.46. The van der Waals surface area contributed by atoms with Crippen molar-refractivity contribution in [3.8, 4) is 0 Å². The average molecular weight is 470 g/mol. The normalized spacial score (nSPS) is 40.1. The molecule has 0 aliphatic heterocycles. The van der Waals surface area contributed by atoms with Crippen molar-refractivity contribution in [3.05, 3.63) is 11.6 Å². The highest BCUT2D eigenvalue weighted by molar-refractivity contribution is 5.85. The molecule has 8 atom stereocenters. The molecular weight excluding hydrogens is 418 g/mol. The molecule has 0 heterocycles. The zero-order chi connectivity index (χ0) is 24.7. The second-order valence-electron chi connectivity index (χ2n) is 13.6. The molecule has 0 aromatic heterocycles. The Morgan fingerprint density at radius 2 is 1.79 bits per heavy atom. The van der Waals surface area contributed by atoms with Crippen molar-refractivity contribution in [1.82, 2.24) is 5.32 Å². The molecule has 0 bridgehead atoms. The number of nitrogens with one attached hydrogen (secondary N) is 1. The number of fused-ring (bicyclic) bond motifs is 5. The second kappa shape index (κ2) is 10.1. The van der Waals surface area contributed by atoms with E-state index in [2.05, 4.69) is 46.0 Å². The van der Waals surface area contributed by atoms with E-state index in [1.165, 1.54) is 51.4 Å². The number of amides is 1. The van der Waals surface area contributed by atoms with Gasteiger partial charge in [-0.15, -0.1) is 0 Å². The van der Waals surface area contributed by atoms with Crippen LogP contribution in [0.15, 0.2) is 11.6 Å². The van der Waals surface area contributed by atoms with Crippen LogP contribution in [-0.2, 0) is 9.59 Å². The van der Waals surface area contributed by atoms with Gasteiger partial charge in [-0.05, 0) is 105 Å². The summed E-state index contributed by atoms with van der Waals surface area (Å²) in [5.41, 5.74) is 2.37. The van der Waals surface area contributed by atoms with Crippen molar-refractivity contribution < 1.29 is 9.59 Å². The number of ketones is 1. The molecule has 3 heteroatoms. The third kappa shape index (κ3) is 4.79. The average Bonchev–Trinajstić information content (AvgIpc) is 3.13. The number of carbonyl (C=O) groups excluding carboxylic acids is 2. The van der Waals surface area contributed by atoms with E-state index in [4.69, 9.17) is 0 Å². The molecule has 3 saturated carbocycles. The van der Waals surface area contributed by atoms with Gasteiger partial charge in [0.25, 0.3) is 0 Å². The van der Waals surface area contributed by atoms with E-state index < -0.39 is 0 Å². The van der Waals surface area contributed by atoms with Gasteiger partial charge >= 0.3 is 0 Å². The summed E-state index contributed by atoms with van der Waals surface area (Å²) in [6.45, 7) is 14.2. The number of Topliss-reactive ketones (excluding diaryl/α,β-unsaturated/α-hetero) is 1. The standard InChI is InChI=1S/C31H51NO2/c1-20(2)8-7-9-21(3)26-12-13-27-25-11-10-24-18-23(29(34)32-19-22(4)33)14-16-30(24,5)28(25)15-17-31(26,27)6/h10,20-21,23,25-28H,7-9,11-19H2,1-6H3,(H,32,34). The van der Waals surface area contributed by atoms with Crippen molar-refractivity contribution in [1.29, 1.82) is 0 Å². The van der Waals surface area contributed by atoms with Crippen molar-refractivity contribution in [2.45, 2.75) is 112 Å². The van der Waals surface area contributed by atoms with Crippen molar-refractivity contribution in [2.24, 2.45) is 52.3 Å². The number of hydrogen-bond acceptors (Lipinski definition) is 2. The van der Waals surface area contributed by atoms with Gasteiger partial charge in [-0.2, -0.15) is 0 Å². The second-order valence-corrected chi connectivity index (χ2v) is 13.6. The third-order valence-corrected chi connectivity index (χ3v) is 11.2. The Balaban J connectivity index is 1.44. The summed E-state index contributed by atoms with van der Waals surface area (Å²) < 4.78 is 0. The van der Waals surface area contributed by atoms with Crippen LogP contribution in [0.1, 0.15) is 112 Å². The molecule has 1 amide bonds. The van der Waals surface area contributed by atoms with E-state index in [0.29, 0.717) is 5.41 Å². The summed E-state index contributed by atoms with van der Waals surface area (Å²) in [5, 5.41) is 2.87. The molecule has 0 radical (unpaired) electrons. The summed E-state index contributed by atoms with van der Waals surface area (Å²) in [7, 11) is 0. The lowest BCUT2D eigenvalue weighted by Crippen LogP contribution is -2.51. The van der Waals surface area contributed by atoms with Gasteiger partial charge in [0, 0.05) is 5.92 Å². The molecule has 3 fully saturated rings. The van der Waals surface area contributed by atoms with E-state index in [0.717, 1.165) is 54.8 Å². The van der Waals surface area contributed by atoms with Gasteiger partial charge in [-0.3, -0.25) is 9.59 Å². The van der Waals surface area contributed by atoms with E-state index in [9.17, 15) is 9.59 Å². The van der Waals surface area contributed by atoms with Crippen LogP contribution in [0.2, 0.25) is 0 Å². The Hall–Kier alpha value is -1.12. The first-order chi connectivity index (χ1) is 16.1. The van der Waals surface area contributed by atoms with Crippen LogP contribution in [0.4, 0.5) is 0 Å². The topological polar surface area (TPSA) is 46.2 Å². The Morgan fingerprint density at radius 1 is 1.03 bits per heavy atom. The highest BCUT2D eigenvalue weighted by Gasteiger charge is 2.59. The predicted octanol–water partition coefficient (Wildman–Crippen LogP) is 7.35. The summed E-state index contributed by atoms with van der Waals surface area (Å²) in [6.07, 6.45) is 16.7. The maximum absolute atomic E-state index is 12.7. The fourth-order valence-corrected chi connectivity index (χ4v) is 9.27. The van der Waals surface area contributed by atoms with Crippen molar-refractivity contribution in [2.75, 3.05) is 6.54 Å². The van der Waals surface area contributed by atoms with Gasteiger partial charge in [-0.1, -0.05) is 65.5 Å². The lowest BCUT2D eigenvalue weighted by Gasteiger charge is -2.58. The van der Waals surface area contributed by atoms with Crippen molar-refractivity contribution in [3.63, 3.8) is 0 Å². The Labute approximate surface area is 209 Å². The number of allylic oxidation sites excluding steroid dienone is 2. The van der Waals surface area contributed by atoms with Crippen LogP contribution in [0.3, 0.4) is 0 Å². The van der Waals surface area contributed by atoms with Crippen molar-refractivity contribution >= 4 is 11.7 Å². The quantitative estimate of drug-likeness (QED) is 0.378. The molecule has 34 heavy (non-hydrogen) atoms. The highest BCUT2D eigenvalue weighted by Crippen LogP contribution is 2.67. The molecule has 0 saturated heterocycles. The van der Waals surface area contributed by atoms with Crippen LogP contribution in [0, 0.1) is 52.3 Å². The van der Waals surface area contributed by atoms with Gasteiger partial charge in [0.05, 0.1) is 6.54 Å². The fourth-order valence-electron chi connectivity index (χ4n) is 9.27. The van der Waals surface area contributed by atoms with E-state index in [-0.39, 0.29) is 29.6 Å². The summed E-state index contributed by atoms with van der Waals surface area (Å²) in [5.74, 6) is 5.27. The lowest BCUT2D eigenvalue weighted by molar-refractivity contribution is -0.128. The van der Waals surface area contributed by atoms with Crippen LogP contribution in [-0.4, -0.2) is 18.2 Å². The summed E-state index contributed by atoms with van der Waals surface area (Å²) >= 11 is 0. The molecule has 4 rings (SSSR count). The van der Waals surface area contributed by atoms with Gasteiger partial charge in [0.15, 0.2) is 0 Å². The third-order valence-electron chi connectivity index (χ3n) is 11.2. The zero-order valence-corrected chi connectivity index (χ0v) is 22.9. The fraction of sp³-hybridized carbons (Fsp3) is 0.871. The van der Waals surface area contributed by atoms with E-state index in [1.807, 2.05) is 0 Å². The van der Waals surface area contributed by atoms with Gasteiger partial charge in [0.1, 0.15) is 5.78 Å². The molecular formula is C31H51NO2. The highest BCUT2D eigenvalue weighted by atomic mass is 16.2. The number of rotatable bonds is 8. The van der Waals surface area contributed by atoms with Gasteiger partial charge in [-0.25, -0.2) is 0 Å². The van der Waals surface area contributed by atoms with E-state index in [1.54, 1.807) is 12.5 Å². The largest absolute Gasteiger partial charge is 0.349 e. The predicted molar refractivity (Wildman–Crippen MR) is 140 cm³/mol. The van der Waals surface area contributed by atoms with Gasteiger partial charge in [0.2, 0.25) is 5.91 Å². The molecule has 0 aromatic carbocycles. The van der Waals surface area contributed by atoms with Crippen LogP contribution in [0.25, 0.3) is 0 Å². The Kier molecular flexibility index (Phi) is 7.71. The first-order valence-corrected chi connectivity index (χ1v) is 14.5. The Bertz CT molecular complexity index is 799. The minimum absolute atomic E-state index is 0.0306. The van der Waals surface area contributed by atoms with E-state index >= 15 is 0 Å². The summed E-state index contributed by atoms with van der Waals surface area (Å²) in [4.78, 5) is 24.0. The molecule has 4 aliphatic carbocycles. The molecule has 1 N–H and O–H groups in total. The molecule has 8 unspecified atom stereocenters. The number of carbonyl (C=O) groups is 2. The first-order valence-electron chi connectivity index (χ1n) is 14.5. The zero-order valence-electron chi connectivity index (χ0n) is 22.9. The number of hydrogen-bond donors (Lipinski definition) is 1. The minimum Gasteiger partial charge on any atom is -0.349 e. The molecule has 192 valence electrons. The summed E-state index contributed by atoms with van der Waals surface area (Å²) in [6, 6.07) is 0. The monoisotopic (exact) mass is 469 g/mol.